The van der Waals surface area contributed by atoms with Crippen molar-refractivity contribution < 1.29 is 33.7 Å². The maximum atomic E-state index is 11.5. The van der Waals surface area contributed by atoms with Gasteiger partial charge in [-0.2, -0.15) is 0 Å². The number of aliphatic hydroxyl groups excluding tert-OH is 1. The molecule has 0 saturated carbocycles. The Morgan fingerprint density at radius 3 is 1.25 bits per heavy atom. The summed E-state index contributed by atoms with van der Waals surface area (Å²) < 4.78 is 15.1. The zero-order valence-corrected chi connectivity index (χ0v) is 14.2. The second-order valence-corrected chi connectivity index (χ2v) is 4.98. The van der Waals surface area contributed by atoms with Crippen LogP contribution in [0.5, 0.6) is 0 Å². The van der Waals surface area contributed by atoms with E-state index in [1.165, 1.54) is 36.5 Å². The monoisotopic (exact) mass is 340 g/mol. The summed E-state index contributed by atoms with van der Waals surface area (Å²) >= 11 is 0. The van der Waals surface area contributed by atoms with Crippen LogP contribution in [0.3, 0.4) is 0 Å². The summed E-state index contributed by atoms with van der Waals surface area (Å²) in [6.07, 6.45) is 8.13. The molecule has 0 rings (SSSR count). The Hall–Kier alpha value is -2.41. The molecule has 0 aliphatic carbocycles. The highest BCUT2D eigenvalue weighted by Gasteiger charge is 2.35. The van der Waals surface area contributed by atoms with Crippen molar-refractivity contribution in [3.05, 3.63) is 36.5 Å². The van der Waals surface area contributed by atoms with Crippen LogP contribution in [0.25, 0.3) is 0 Å². The average molecular weight is 340 g/mol. The third kappa shape index (κ3) is 8.89. The summed E-state index contributed by atoms with van der Waals surface area (Å²) in [4.78, 5) is 34.4. The van der Waals surface area contributed by atoms with Crippen molar-refractivity contribution in [3.8, 4) is 0 Å². The SMILES string of the molecule is CC=CC(=O)OCC(CO)(COC(=O)C=CC)COC(=O)C=CC. The van der Waals surface area contributed by atoms with Gasteiger partial charge in [0, 0.05) is 18.2 Å². The molecule has 0 aromatic carbocycles. The minimum Gasteiger partial charge on any atom is -0.462 e. The summed E-state index contributed by atoms with van der Waals surface area (Å²) in [5, 5.41) is 9.68. The van der Waals surface area contributed by atoms with E-state index in [9.17, 15) is 19.5 Å². The highest BCUT2D eigenvalue weighted by molar-refractivity contribution is 5.82. The Morgan fingerprint density at radius 2 is 1.04 bits per heavy atom. The molecular formula is C17H24O7. The van der Waals surface area contributed by atoms with E-state index >= 15 is 0 Å². The first-order chi connectivity index (χ1) is 11.4. The molecule has 7 nitrogen and oxygen atoms in total. The van der Waals surface area contributed by atoms with Gasteiger partial charge in [0.15, 0.2) is 0 Å². The van der Waals surface area contributed by atoms with Gasteiger partial charge in [-0.15, -0.1) is 0 Å². The highest BCUT2D eigenvalue weighted by Crippen LogP contribution is 2.19. The second-order valence-electron chi connectivity index (χ2n) is 4.98. The molecule has 0 amide bonds. The molecule has 0 atom stereocenters. The Bertz CT molecular complexity index is 434. The number of allylic oxidation sites excluding steroid dienone is 3. The summed E-state index contributed by atoms with van der Waals surface area (Å²) in [6.45, 7) is 3.61. The first-order valence-corrected chi connectivity index (χ1v) is 7.42. The van der Waals surface area contributed by atoms with Gasteiger partial charge in [0.1, 0.15) is 19.8 Å². The summed E-state index contributed by atoms with van der Waals surface area (Å²) in [6, 6.07) is 0. The van der Waals surface area contributed by atoms with Crippen LogP contribution in [0.15, 0.2) is 36.5 Å². The van der Waals surface area contributed by atoms with Crippen molar-refractivity contribution in [2.75, 3.05) is 26.4 Å². The fraction of sp³-hybridized carbons (Fsp3) is 0.471. The Labute approximate surface area is 141 Å². The van der Waals surface area contributed by atoms with Gasteiger partial charge < -0.3 is 19.3 Å². The van der Waals surface area contributed by atoms with E-state index < -0.39 is 29.9 Å². The second kappa shape index (κ2) is 12.1. The molecule has 0 aliphatic rings. The van der Waals surface area contributed by atoms with Crippen molar-refractivity contribution >= 4 is 17.9 Å². The van der Waals surface area contributed by atoms with Gasteiger partial charge in [0.05, 0.1) is 12.0 Å². The van der Waals surface area contributed by atoms with Crippen LogP contribution in [-0.4, -0.2) is 49.4 Å². The zero-order valence-electron chi connectivity index (χ0n) is 14.2. The molecule has 0 radical (unpaired) electrons. The number of esters is 3. The van der Waals surface area contributed by atoms with Gasteiger partial charge in [-0.3, -0.25) is 0 Å². The van der Waals surface area contributed by atoms with E-state index in [1.54, 1.807) is 20.8 Å². The minimum atomic E-state index is -1.24. The highest BCUT2D eigenvalue weighted by atomic mass is 16.6. The summed E-state index contributed by atoms with van der Waals surface area (Å²) in [5.74, 6) is -1.85. The number of hydrogen-bond donors (Lipinski definition) is 1. The number of rotatable bonds is 10. The molecule has 0 unspecified atom stereocenters. The fourth-order valence-corrected chi connectivity index (χ4v) is 1.49. The van der Waals surface area contributed by atoms with Crippen LogP contribution in [0, 0.1) is 5.41 Å². The Balaban J connectivity index is 5.00. The first-order valence-electron chi connectivity index (χ1n) is 7.42. The molecule has 0 heterocycles. The molecule has 24 heavy (non-hydrogen) atoms. The van der Waals surface area contributed by atoms with Crippen molar-refractivity contribution in [3.63, 3.8) is 0 Å². The number of ether oxygens (including phenoxy) is 3. The van der Waals surface area contributed by atoms with Crippen LogP contribution in [0.2, 0.25) is 0 Å². The van der Waals surface area contributed by atoms with Gasteiger partial charge in [-0.05, 0) is 20.8 Å². The van der Waals surface area contributed by atoms with E-state index in [0.29, 0.717) is 0 Å². The van der Waals surface area contributed by atoms with Gasteiger partial charge in [-0.25, -0.2) is 14.4 Å². The van der Waals surface area contributed by atoms with Crippen LogP contribution >= 0.6 is 0 Å². The van der Waals surface area contributed by atoms with Crippen molar-refractivity contribution in [2.24, 2.45) is 5.41 Å². The van der Waals surface area contributed by atoms with Crippen molar-refractivity contribution in [1.82, 2.24) is 0 Å². The fourth-order valence-electron chi connectivity index (χ4n) is 1.49. The van der Waals surface area contributed by atoms with E-state index in [2.05, 4.69) is 0 Å². The standard InChI is InChI=1S/C17H24O7/c1-4-7-14(19)22-11-17(10-18,12-23-15(20)8-5-2)13-24-16(21)9-6-3/h4-9,18H,10-13H2,1-3H3. The molecule has 1 N–H and O–H groups in total. The molecule has 134 valence electrons. The molecule has 0 aromatic rings. The lowest BCUT2D eigenvalue weighted by molar-refractivity contribution is -0.159. The lowest BCUT2D eigenvalue weighted by atomic mass is 9.92. The molecule has 0 fully saturated rings. The number of carbonyl (C=O) groups excluding carboxylic acids is 3. The molecule has 0 bridgehead atoms. The van der Waals surface area contributed by atoms with E-state index in [0.717, 1.165) is 0 Å². The van der Waals surface area contributed by atoms with Crippen molar-refractivity contribution in [2.45, 2.75) is 20.8 Å². The maximum absolute atomic E-state index is 11.5. The number of hydrogen-bond acceptors (Lipinski definition) is 7. The zero-order chi connectivity index (χ0) is 18.4. The normalized spacial score (nSPS) is 14.0. The average Bonchev–Trinajstić information content (AvgIpc) is 2.55. The van der Waals surface area contributed by atoms with E-state index in [1.807, 2.05) is 0 Å². The minimum absolute atomic E-state index is 0.279. The Morgan fingerprint density at radius 1 is 0.750 bits per heavy atom. The van der Waals surface area contributed by atoms with E-state index in [4.69, 9.17) is 14.2 Å². The first kappa shape index (κ1) is 21.6. The maximum Gasteiger partial charge on any atom is 0.330 e. The van der Waals surface area contributed by atoms with Crippen LogP contribution < -0.4 is 0 Å². The quantitative estimate of drug-likeness (QED) is 0.364. The molecule has 7 heteroatoms. The molecular weight excluding hydrogens is 316 g/mol. The molecule has 0 aliphatic heterocycles. The Kier molecular flexibility index (Phi) is 10.9. The molecule has 0 aromatic heterocycles. The largest absolute Gasteiger partial charge is 0.462 e. The van der Waals surface area contributed by atoms with Crippen LogP contribution in [0.1, 0.15) is 20.8 Å². The van der Waals surface area contributed by atoms with E-state index in [-0.39, 0.29) is 19.8 Å². The lowest BCUT2D eigenvalue weighted by Crippen LogP contribution is -2.42. The molecule has 0 saturated heterocycles. The summed E-state index contributed by atoms with van der Waals surface area (Å²) in [5.41, 5.74) is -1.24. The predicted octanol–water partition coefficient (Wildman–Crippen LogP) is 1.32. The van der Waals surface area contributed by atoms with Crippen LogP contribution in [0.4, 0.5) is 0 Å². The van der Waals surface area contributed by atoms with Gasteiger partial charge in [0.2, 0.25) is 0 Å². The van der Waals surface area contributed by atoms with Crippen LogP contribution in [-0.2, 0) is 28.6 Å². The van der Waals surface area contributed by atoms with Gasteiger partial charge in [0.25, 0.3) is 0 Å². The third-order valence-corrected chi connectivity index (χ3v) is 2.81. The molecule has 0 spiro atoms. The smallest absolute Gasteiger partial charge is 0.330 e. The number of aliphatic hydroxyl groups is 1. The predicted molar refractivity (Wildman–Crippen MR) is 86.8 cm³/mol. The third-order valence-electron chi connectivity index (χ3n) is 2.81. The summed E-state index contributed by atoms with van der Waals surface area (Å²) in [7, 11) is 0. The van der Waals surface area contributed by atoms with Crippen molar-refractivity contribution in [1.29, 1.82) is 0 Å². The van der Waals surface area contributed by atoms with Gasteiger partial charge in [-0.1, -0.05) is 18.2 Å². The topological polar surface area (TPSA) is 99.1 Å². The number of carbonyl (C=O) groups is 3. The van der Waals surface area contributed by atoms with Gasteiger partial charge >= 0.3 is 17.9 Å². The lowest BCUT2D eigenvalue weighted by Gasteiger charge is -2.29.